The zero-order valence-electron chi connectivity index (χ0n) is 13.3. The van der Waals surface area contributed by atoms with Crippen molar-refractivity contribution < 1.29 is 9.59 Å². The lowest BCUT2D eigenvalue weighted by molar-refractivity contribution is 0.0827. The van der Waals surface area contributed by atoms with Crippen LogP contribution in [0.1, 0.15) is 26.4 Å². The summed E-state index contributed by atoms with van der Waals surface area (Å²) in [4.78, 5) is 35.9. The Morgan fingerprint density at radius 3 is 2.46 bits per heavy atom. The Labute approximate surface area is 138 Å². The molecule has 24 heavy (non-hydrogen) atoms. The SMILES string of the molecule is CN(C)C(=O)c1ccc(C#CCNC(=O)c2ccc(=O)[nH]n2)cc1. The average Bonchev–Trinajstić information content (AvgIpc) is 2.59. The summed E-state index contributed by atoms with van der Waals surface area (Å²) in [5, 5.41) is 8.38. The van der Waals surface area contributed by atoms with Gasteiger partial charge >= 0.3 is 0 Å². The van der Waals surface area contributed by atoms with Crippen LogP contribution in [-0.2, 0) is 0 Å². The maximum atomic E-state index is 11.8. The van der Waals surface area contributed by atoms with Gasteiger partial charge in [0.15, 0.2) is 0 Å². The number of benzene rings is 1. The zero-order valence-corrected chi connectivity index (χ0v) is 13.3. The summed E-state index contributed by atoms with van der Waals surface area (Å²) in [6, 6.07) is 9.46. The van der Waals surface area contributed by atoms with E-state index in [-0.39, 0.29) is 23.7 Å². The van der Waals surface area contributed by atoms with Crippen molar-refractivity contribution in [1.82, 2.24) is 20.4 Å². The fourth-order valence-electron chi connectivity index (χ4n) is 1.79. The number of H-pyrrole nitrogens is 1. The van der Waals surface area contributed by atoms with Crippen LogP contribution >= 0.6 is 0 Å². The van der Waals surface area contributed by atoms with E-state index >= 15 is 0 Å². The molecule has 1 aromatic heterocycles. The number of rotatable bonds is 3. The number of nitrogens with zero attached hydrogens (tertiary/aromatic N) is 2. The quantitative estimate of drug-likeness (QED) is 0.791. The second-order valence-corrected chi connectivity index (χ2v) is 5.07. The Hall–Kier alpha value is -3.40. The molecule has 0 aliphatic rings. The van der Waals surface area contributed by atoms with Gasteiger partial charge in [-0.1, -0.05) is 11.8 Å². The van der Waals surface area contributed by atoms with Gasteiger partial charge in [-0.2, -0.15) is 5.10 Å². The Balaban J connectivity index is 1.91. The Morgan fingerprint density at radius 1 is 1.17 bits per heavy atom. The molecular weight excluding hydrogens is 308 g/mol. The first kappa shape index (κ1) is 17.0. The number of hydrogen-bond donors (Lipinski definition) is 2. The highest BCUT2D eigenvalue weighted by atomic mass is 16.2. The smallest absolute Gasteiger partial charge is 0.272 e. The molecule has 0 aliphatic heterocycles. The van der Waals surface area contributed by atoms with Crippen LogP contribution in [-0.4, -0.2) is 47.6 Å². The molecule has 2 amide bonds. The van der Waals surface area contributed by atoms with Gasteiger partial charge in [-0.3, -0.25) is 14.4 Å². The number of aromatic nitrogens is 2. The monoisotopic (exact) mass is 324 g/mol. The van der Waals surface area contributed by atoms with E-state index in [2.05, 4.69) is 27.4 Å². The number of amides is 2. The first-order chi connectivity index (χ1) is 11.5. The summed E-state index contributed by atoms with van der Waals surface area (Å²) < 4.78 is 0. The third-order valence-electron chi connectivity index (χ3n) is 3.02. The van der Waals surface area contributed by atoms with Crippen molar-refractivity contribution in [2.75, 3.05) is 20.6 Å². The van der Waals surface area contributed by atoms with Crippen molar-refractivity contribution in [3.8, 4) is 11.8 Å². The highest BCUT2D eigenvalue weighted by molar-refractivity contribution is 5.94. The Morgan fingerprint density at radius 2 is 1.88 bits per heavy atom. The highest BCUT2D eigenvalue weighted by Crippen LogP contribution is 2.05. The first-order valence-electron chi connectivity index (χ1n) is 7.12. The normalized spacial score (nSPS) is 9.58. The molecule has 0 spiro atoms. The van der Waals surface area contributed by atoms with Gasteiger partial charge in [0.1, 0.15) is 5.69 Å². The number of carbonyl (C=O) groups excluding carboxylic acids is 2. The van der Waals surface area contributed by atoms with E-state index in [0.29, 0.717) is 5.56 Å². The molecule has 7 heteroatoms. The molecule has 0 saturated heterocycles. The fraction of sp³-hybridized carbons (Fsp3) is 0.176. The van der Waals surface area contributed by atoms with Gasteiger partial charge in [-0.25, -0.2) is 5.10 Å². The van der Waals surface area contributed by atoms with E-state index in [9.17, 15) is 14.4 Å². The minimum absolute atomic E-state index is 0.0739. The molecule has 2 rings (SSSR count). The second-order valence-electron chi connectivity index (χ2n) is 5.07. The predicted octanol–water partition coefficient (Wildman–Crippen LogP) is 0.253. The molecule has 2 N–H and O–H groups in total. The lowest BCUT2D eigenvalue weighted by atomic mass is 10.1. The first-order valence-corrected chi connectivity index (χ1v) is 7.12. The lowest BCUT2D eigenvalue weighted by Crippen LogP contribution is -2.26. The summed E-state index contributed by atoms with van der Waals surface area (Å²) in [6.07, 6.45) is 0. The molecule has 0 bridgehead atoms. The largest absolute Gasteiger partial charge is 0.345 e. The van der Waals surface area contributed by atoms with Crippen LogP contribution < -0.4 is 10.9 Å². The van der Waals surface area contributed by atoms with Gasteiger partial charge in [0.05, 0.1) is 6.54 Å². The third-order valence-corrected chi connectivity index (χ3v) is 3.02. The molecule has 122 valence electrons. The topological polar surface area (TPSA) is 95.2 Å². The van der Waals surface area contributed by atoms with E-state index in [1.54, 1.807) is 38.4 Å². The molecule has 0 saturated carbocycles. The third kappa shape index (κ3) is 4.55. The van der Waals surface area contributed by atoms with Crippen LogP contribution in [0.4, 0.5) is 0 Å². The number of carbonyl (C=O) groups is 2. The fourth-order valence-corrected chi connectivity index (χ4v) is 1.79. The maximum absolute atomic E-state index is 11.8. The molecule has 0 aliphatic carbocycles. The highest BCUT2D eigenvalue weighted by Gasteiger charge is 2.07. The summed E-state index contributed by atoms with van der Waals surface area (Å²) in [7, 11) is 3.38. The van der Waals surface area contributed by atoms with Crippen molar-refractivity contribution in [3.05, 3.63) is 63.6 Å². The van der Waals surface area contributed by atoms with E-state index in [1.165, 1.54) is 17.0 Å². The number of hydrogen-bond acceptors (Lipinski definition) is 4. The van der Waals surface area contributed by atoms with Crippen molar-refractivity contribution >= 4 is 11.8 Å². The van der Waals surface area contributed by atoms with E-state index < -0.39 is 5.91 Å². The van der Waals surface area contributed by atoms with Crippen LogP contribution in [0.25, 0.3) is 0 Å². The van der Waals surface area contributed by atoms with Crippen LogP contribution in [0.3, 0.4) is 0 Å². The van der Waals surface area contributed by atoms with Gasteiger partial charge in [0, 0.05) is 31.3 Å². The van der Waals surface area contributed by atoms with Gasteiger partial charge in [-0.15, -0.1) is 0 Å². The van der Waals surface area contributed by atoms with Crippen molar-refractivity contribution in [2.45, 2.75) is 0 Å². The van der Waals surface area contributed by atoms with Gasteiger partial charge in [-0.05, 0) is 30.3 Å². The van der Waals surface area contributed by atoms with Crippen LogP contribution in [0.15, 0.2) is 41.2 Å². The molecule has 1 heterocycles. The molecule has 7 nitrogen and oxygen atoms in total. The summed E-state index contributed by atoms with van der Waals surface area (Å²) in [5.41, 5.74) is 1.07. The van der Waals surface area contributed by atoms with Gasteiger partial charge < -0.3 is 10.2 Å². The summed E-state index contributed by atoms with van der Waals surface area (Å²) in [6.45, 7) is 0.137. The molecular formula is C17H16N4O3. The number of nitrogens with one attached hydrogen (secondary N) is 2. The zero-order chi connectivity index (χ0) is 17.5. The maximum Gasteiger partial charge on any atom is 0.272 e. The molecule has 0 atom stereocenters. The van der Waals surface area contributed by atoms with E-state index in [0.717, 1.165) is 5.56 Å². The van der Waals surface area contributed by atoms with Crippen molar-refractivity contribution in [1.29, 1.82) is 0 Å². The molecule has 0 unspecified atom stereocenters. The van der Waals surface area contributed by atoms with E-state index in [1.807, 2.05) is 0 Å². The minimum Gasteiger partial charge on any atom is -0.345 e. The van der Waals surface area contributed by atoms with Crippen molar-refractivity contribution in [3.63, 3.8) is 0 Å². The predicted molar refractivity (Wildman–Crippen MR) is 88.5 cm³/mol. The van der Waals surface area contributed by atoms with Crippen molar-refractivity contribution in [2.24, 2.45) is 0 Å². The summed E-state index contributed by atoms with van der Waals surface area (Å²) >= 11 is 0. The minimum atomic E-state index is -0.424. The van der Waals surface area contributed by atoms with Crippen LogP contribution in [0, 0.1) is 11.8 Å². The lowest BCUT2D eigenvalue weighted by Gasteiger charge is -2.09. The standard InChI is InChI=1S/C17H16N4O3/c1-21(2)17(24)13-7-5-12(6-8-13)4-3-11-18-16(23)14-9-10-15(22)20-19-14/h5-10H,11H2,1-2H3,(H,18,23)(H,20,22). The van der Waals surface area contributed by atoms with E-state index in [4.69, 9.17) is 0 Å². The number of aromatic amines is 1. The van der Waals surface area contributed by atoms with Gasteiger partial charge in [0.2, 0.25) is 0 Å². The average molecular weight is 324 g/mol. The Bertz CT molecular complexity index is 837. The van der Waals surface area contributed by atoms with Crippen LogP contribution in [0.5, 0.6) is 0 Å². The Kier molecular flexibility index (Phi) is 5.47. The molecule has 0 radical (unpaired) electrons. The van der Waals surface area contributed by atoms with Gasteiger partial charge in [0.25, 0.3) is 17.4 Å². The molecule has 1 aromatic carbocycles. The molecule has 2 aromatic rings. The second kappa shape index (κ2) is 7.74. The van der Waals surface area contributed by atoms with Crippen LogP contribution in [0.2, 0.25) is 0 Å². The summed E-state index contributed by atoms with van der Waals surface area (Å²) in [5.74, 6) is 5.20. The molecule has 0 fully saturated rings.